The highest BCUT2D eigenvalue weighted by Crippen LogP contribution is 2.28. The zero-order valence-corrected chi connectivity index (χ0v) is 16.1. The van der Waals surface area contributed by atoms with E-state index in [9.17, 15) is 9.59 Å². The number of thiophene rings is 1. The van der Waals surface area contributed by atoms with Crippen LogP contribution in [0.5, 0.6) is 0 Å². The molecule has 0 saturated carbocycles. The number of anilines is 2. The molecule has 4 rings (SSSR count). The van der Waals surface area contributed by atoms with E-state index in [1.54, 1.807) is 30.6 Å². The second kappa shape index (κ2) is 7.81. The third kappa shape index (κ3) is 3.74. The SMILES string of the molecule is Cc1cc(NC(=O)c2ccco2)sc1C(=O)N1CCN(c2ncccn2)CC1. The summed E-state index contributed by atoms with van der Waals surface area (Å²) in [5.74, 6) is 0.569. The number of aromatic nitrogens is 2. The van der Waals surface area contributed by atoms with Crippen molar-refractivity contribution in [2.45, 2.75) is 6.92 Å². The Labute approximate surface area is 165 Å². The lowest BCUT2D eigenvalue weighted by Gasteiger charge is -2.34. The molecule has 0 atom stereocenters. The minimum Gasteiger partial charge on any atom is -0.459 e. The average molecular weight is 397 g/mol. The highest BCUT2D eigenvalue weighted by atomic mass is 32.1. The zero-order valence-electron chi connectivity index (χ0n) is 15.3. The van der Waals surface area contributed by atoms with E-state index in [0.717, 1.165) is 5.56 Å². The molecule has 3 aromatic rings. The number of aryl methyl sites for hydroxylation is 1. The summed E-state index contributed by atoms with van der Waals surface area (Å²) in [4.78, 5) is 38.1. The molecule has 4 heterocycles. The Kier molecular flexibility index (Phi) is 5.07. The normalized spacial score (nSPS) is 14.2. The van der Waals surface area contributed by atoms with E-state index in [4.69, 9.17) is 4.42 Å². The molecule has 9 heteroatoms. The summed E-state index contributed by atoms with van der Waals surface area (Å²) in [7, 11) is 0. The number of nitrogens with one attached hydrogen (secondary N) is 1. The van der Waals surface area contributed by atoms with E-state index in [1.165, 1.54) is 17.6 Å². The summed E-state index contributed by atoms with van der Waals surface area (Å²) in [5.41, 5.74) is 0.846. The molecule has 1 N–H and O–H groups in total. The first-order valence-electron chi connectivity index (χ1n) is 8.88. The second-order valence-electron chi connectivity index (χ2n) is 6.38. The van der Waals surface area contributed by atoms with Crippen LogP contribution in [0.4, 0.5) is 10.9 Å². The van der Waals surface area contributed by atoms with Crippen LogP contribution in [0.3, 0.4) is 0 Å². The average Bonchev–Trinajstić information content (AvgIpc) is 3.38. The Bertz CT molecular complexity index is 963. The third-order valence-corrected chi connectivity index (χ3v) is 5.64. The molecule has 144 valence electrons. The molecule has 0 radical (unpaired) electrons. The summed E-state index contributed by atoms with van der Waals surface area (Å²) >= 11 is 1.28. The number of nitrogens with zero attached hydrogens (tertiary/aromatic N) is 4. The van der Waals surface area contributed by atoms with Gasteiger partial charge in [-0.05, 0) is 36.8 Å². The first-order chi connectivity index (χ1) is 13.6. The first kappa shape index (κ1) is 18.2. The van der Waals surface area contributed by atoms with Gasteiger partial charge in [-0.25, -0.2) is 9.97 Å². The van der Waals surface area contributed by atoms with Crippen molar-refractivity contribution >= 4 is 34.1 Å². The van der Waals surface area contributed by atoms with Gasteiger partial charge in [-0.2, -0.15) is 0 Å². The maximum absolute atomic E-state index is 12.9. The van der Waals surface area contributed by atoms with E-state index in [0.29, 0.717) is 42.0 Å². The van der Waals surface area contributed by atoms with Crippen molar-refractivity contribution in [1.82, 2.24) is 14.9 Å². The molecule has 0 bridgehead atoms. The Morgan fingerprint density at radius 1 is 1.14 bits per heavy atom. The van der Waals surface area contributed by atoms with Crippen molar-refractivity contribution in [1.29, 1.82) is 0 Å². The van der Waals surface area contributed by atoms with E-state index in [-0.39, 0.29) is 17.6 Å². The summed E-state index contributed by atoms with van der Waals surface area (Å²) < 4.78 is 5.10. The maximum atomic E-state index is 12.9. The van der Waals surface area contributed by atoms with Crippen LogP contribution >= 0.6 is 11.3 Å². The van der Waals surface area contributed by atoms with Crippen LogP contribution in [0.2, 0.25) is 0 Å². The van der Waals surface area contributed by atoms with Gasteiger partial charge in [-0.3, -0.25) is 9.59 Å². The molecule has 28 heavy (non-hydrogen) atoms. The Morgan fingerprint density at radius 3 is 2.57 bits per heavy atom. The molecule has 1 fully saturated rings. The van der Waals surface area contributed by atoms with Crippen molar-refractivity contribution in [3.05, 3.63) is 59.1 Å². The molecule has 3 aromatic heterocycles. The molecule has 8 nitrogen and oxygen atoms in total. The van der Waals surface area contributed by atoms with Gasteiger partial charge in [0.15, 0.2) is 5.76 Å². The van der Waals surface area contributed by atoms with Crippen LogP contribution in [-0.2, 0) is 0 Å². The second-order valence-corrected chi connectivity index (χ2v) is 7.43. The number of hydrogen-bond donors (Lipinski definition) is 1. The molecule has 0 aliphatic carbocycles. The van der Waals surface area contributed by atoms with E-state index in [2.05, 4.69) is 20.2 Å². The summed E-state index contributed by atoms with van der Waals surface area (Å²) in [6, 6.07) is 6.85. The maximum Gasteiger partial charge on any atom is 0.291 e. The van der Waals surface area contributed by atoms with E-state index in [1.807, 2.05) is 17.9 Å². The Balaban J connectivity index is 1.40. The lowest BCUT2D eigenvalue weighted by atomic mass is 10.2. The van der Waals surface area contributed by atoms with Crippen LogP contribution < -0.4 is 10.2 Å². The van der Waals surface area contributed by atoms with Crippen LogP contribution in [0, 0.1) is 6.92 Å². The highest BCUT2D eigenvalue weighted by Gasteiger charge is 2.26. The smallest absolute Gasteiger partial charge is 0.291 e. The fourth-order valence-corrected chi connectivity index (χ4v) is 4.08. The lowest BCUT2D eigenvalue weighted by Crippen LogP contribution is -2.49. The monoisotopic (exact) mass is 397 g/mol. The van der Waals surface area contributed by atoms with Gasteiger partial charge in [0.1, 0.15) is 0 Å². The van der Waals surface area contributed by atoms with Gasteiger partial charge in [0.05, 0.1) is 16.1 Å². The number of hydrogen-bond acceptors (Lipinski definition) is 7. The van der Waals surface area contributed by atoms with Gasteiger partial charge in [0.2, 0.25) is 5.95 Å². The molecule has 0 aromatic carbocycles. The largest absolute Gasteiger partial charge is 0.459 e. The predicted octanol–water partition coefficient (Wildman–Crippen LogP) is 2.65. The zero-order chi connectivity index (χ0) is 19.5. The molecule has 1 aliphatic rings. The minimum atomic E-state index is -0.332. The van der Waals surface area contributed by atoms with Gasteiger partial charge >= 0.3 is 0 Å². The van der Waals surface area contributed by atoms with Crippen LogP contribution in [0.25, 0.3) is 0 Å². The minimum absolute atomic E-state index is 0.0189. The highest BCUT2D eigenvalue weighted by molar-refractivity contribution is 7.18. The number of amides is 2. The number of carbonyl (C=O) groups is 2. The molecule has 2 amide bonds. The fraction of sp³-hybridized carbons (Fsp3) is 0.263. The van der Waals surface area contributed by atoms with Crippen molar-refractivity contribution in [2.24, 2.45) is 0 Å². The Morgan fingerprint density at radius 2 is 1.89 bits per heavy atom. The van der Waals surface area contributed by atoms with Gasteiger partial charge in [0, 0.05) is 38.6 Å². The third-order valence-electron chi connectivity index (χ3n) is 4.50. The predicted molar refractivity (Wildman–Crippen MR) is 106 cm³/mol. The molecule has 1 aliphatic heterocycles. The summed E-state index contributed by atoms with van der Waals surface area (Å²) in [5, 5.41) is 3.41. The van der Waals surface area contributed by atoms with Gasteiger partial charge in [-0.1, -0.05) is 0 Å². The first-order valence-corrected chi connectivity index (χ1v) is 9.70. The van der Waals surface area contributed by atoms with Crippen LogP contribution in [0.15, 0.2) is 47.3 Å². The van der Waals surface area contributed by atoms with Crippen molar-refractivity contribution < 1.29 is 14.0 Å². The van der Waals surface area contributed by atoms with Gasteiger partial charge < -0.3 is 19.5 Å². The van der Waals surface area contributed by atoms with E-state index >= 15 is 0 Å². The molecular weight excluding hydrogens is 378 g/mol. The number of furan rings is 1. The van der Waals surface area contributed by atoms with Crippen molar-refractivity contribution in [2.75, 3.05) is 36.4 Å². The summed E-state index contributed by atoms with van der Waals surface area (Å²) in [6.45, 7) is 4.44. The van der Waals surface area contributed by atoms with E-state index < -0.39 is 0 Å². The molecule has 1 saturated heterocycles. The lowest BCUT2D eigenvalue weighted by molar-refractivity contribution is 0.0750. The quantitative estimate of drug-likeness (QED) is 0.728. The van der Waals surface area contributed by atoms with Gasteiger partial charge in [-0.15, -0.1) is 11.3 Å². The molecule has 0 spiro atoms. The number of carbonyl (C=O) groups excluding carboxylic acids is 2. The van der Waals surface area contributed by atoms with Crippen LogP contribution in [0.1, 0.15) is 25.8 Å². The standard InChI is InChI=1S/C19H19N5O3S/c1-13-12-15(22-17(25)14-4-2-11-27-14)28-16(13)18(26)23-7-9-24(10-8-23)19-20-5-3-6-21-19/h2-6,11-12H,7-10H2,1H3,(H,22,25). The van der Waals surface area contributed by atoms with Gasteiger partial charge in [0.25, 0.3) is 11.8 Å². The molecular formula is C19H19N5O3S. The fourth-order valence-electron chi connectivity index (χ4n) is 3.04. The molecule has 0 unspecified atom stereocenters. The van der Waals surface area contributed by atoms with Crippen molar-refractivity contribution in [3.8, 4) is 0 Å². The van der Waals surface area contributed by atoms with Crippen LogP contribution in [-0.4, -0.2) is 52.9 Å². The van der Waals surface area contributed by atoms with Crippen molar-refractivity contribution in [3.63, 3.8) is 0 Å². The Hall–Kier alpha value is -3.20. The number of rotatable bonds is 4. The summed E-state index contributed by atoms with van der Waals surface area (Å²) in [6.07, 6.45) is 4.88. The topological polar surface area (TPSA) is 91.6 Å². The number of piperazine rings is 1.